The van der Waals surface area contributed by atoms with E-state index in [4.69, 9.17) is 24.4 Å². The summed E-state index contributed by atoms with van der Waals surface area (Å²) in [6.07, 6.45) is 2.51. The van der Waals surface area contributed by atoms with Gasteiger partial charge in [0.25, 0.3) is 0 Å². The topological polar surface area (TPSA) is 97.3 Å². The van der Waals surface area contributed by atoms with E-state index in [0.29, 0.717) is 6.42 Å². The van der Waals surface area contributed by atoms with Gasteiger partial charge in [0.1, 0.15) is 12.2 Å². The maximum Gasteiger partial charge on any atom is 0.404 e. The second-order valence-corrected chi connectivity index (χ2v) is 5.71. The van der Waals surface area contributed by atoms with Gasteiger partial charge in [-0.25, -0.2) is 4.79 Å². The number of carbonyl (C=O) groups is 1. The summed E-state index contributed by atoms with van der Waals surface area (Å²) in [5.74, 6) is -0.547. The SMILES string of the molecule is O=C(O)N[C@@H]1C[C@H](OCCO)[C@H]2OC3(CCCC3)O[C@H]21. The van der Waals surface area contributed by atoms with Crippen molar-refractivity contribution < 1.29 is 29.2 Å². The van der Waals surface area contributed by atoms with Crippen LogP contribution in [0.2, 0.25) is 0 Å². The minimum Gasteiger partial charge on any atom is -0.465 e. The Morgan fingerprint density at radius 2 is 2.00 bits per heavy atom. The van der Waals surface area contributed by atoms with Crippen LogP contribution in [-0.2, 0) is 14.2 Å². The van der Waals surface area contributed by atoms with Crippen molar-refractivity contribution in [1.82, 2.24) is 5.32 Å². The summed E-state index contributed by atoms with van der Waals surface area (Å²) in [7, 11) is 0. The molecule has 1 amide bonds. The molecule has 2 saturated carbocycles. The highest BCUT2D eigenvalue weighted by molar-refractivity contribution is 5.65. The monoisotopic (exact) mass is 287 g/mol. The van der Waals surface area contributed by atoms with E-state index in [1.165, 1.54) is 0 Å². The second kappa shape index (κ2) is 5.48. The Balaban J connectivity index is 1.71. The molecule has 0 radical (unpaired) electrons. The van der Waals surface area contributed by atoms with Crippen molar-refractivity contribution in [2.24, 2.45) is 0 Å². The molecule has 3 fully saturated rings. The van der Waals surface area contributed by atoms with Crippen molar-refractivity contribution in [3.63, 3.8) is 0 Å². The number of hydrogen-bond acceptors (Lipinski definition) is 5. The lowest BCUT2D eigenvalue weighted by Gasteiger charge is -2.26. The number of fused-ring (bicyclic) bond motifs is 1. The van der Waals surface area contributed by atoms with E-state index in [2.05, 4.69) is 5.32 Å². The van der Waals surface area contributed by atoms with E-state index >= 15 is 0 Å². The molecule has 1 saturated heterocycles. The number of ether oxygens (including phenoxy) is 3. The van der Waals surface area contributed by atoms with Gasteiger partial charge < -0.3 is 29.7 Å². The van der Waals surface area contributed by atoms with Gasteiger partial charge in [-0.15, -0.1) is 0 Å². The minimum atomic E-state index is -1.06. The molecule has 0 bridgehead atoms. The molecule has 2 aliphatic carbocycles. The molecule has 3 aliphatic rings. The Kier molecular flexibility index (Phi) is 3.85. The van der Waals surface area contributed by atoms with Crippen LogP contribution in [0.15, 0.2) is 0 Å². The van der Waals surface area contributed by atoms with E-state index in [1.807, 2.05) is 0 Å². The molecule has 0 aromatic carbocycles. The van der Waals surface area contributed by atoms with Crippen molar-refractivity contribution in [3.05, 3.63) is 0 Å². The Morgan fingerprint density at radius 1 is 1.30 bits per heavy atom. The van der Waals surface area contributed by atoms with Gasteiger partial charge in [-0.2, -0.15) is 0 Å². The molecule has 1 aliphatic heterocycles. The zero-order chi connectivity index (χ0) is 14.2. The maximum absolute atomic E-state index is 10.9. The molecule has 1 spiro atoms. The third-order valence-corrected chi connectivity index (χ3v) is 4.37. The smallest absolute Gasteiger partial charge is 0.404 e. The van der Waals surface area contributed by atoms with Gasteiger partial charge >= 0.3 is 6.09 Å². The normalized spacial score (nSPS) is 38.2. The summed E-state index contributed by atoms with van der Waals surface area (Å²) in [4.78, 5) is 10.9. The number of carboxylic acid groups (broad SMARTS) is 1. The highest BCUT2D eigenvalue weighted by Crippen LogP contribution is 2.47. The molecule has 1 heterocycles. The summed E-state index contributed by atoms with van der Waals surface area (Å²) in [5, 5.41) is 20.3. The van der Waals surface area contributed by atoms with E-state index in [1.54, 1.807) is 0 Å². The number of aliphatic hydroxyl groups is 1. The van der Waals surface area contributed by atoms with E-state index < -0.39 is 11.9 Å². The number of hydrogen-bond donors (Lipinski definition) is 3. The number of nitrogens with one attached hydrogen (secondary N) is 1. The van der Waals surface area contributed by atoms with Gasteiger partial charge in [0, 0.05) is 12.8 Å². The molecule has 4 atom stereocenters. The summed E-state index contributed by atoms with van der Waals surface area (Å²) in [6.45, 7) is 0.168. The zero-order valence-electron chi connectivity index (χ0n) is 11.3. The van der Waals surface area contributed by atoms with Crippen molar-refractivity contribution >= 4 is 6.09 Å². The van der Waals surface area contributed by atoms with Crippen LogP contribution in [0.4, 0.5) is 4.79 Å². The Morgan fingerprint density at radius 3 is 2.65 bits per heavy atom. The molecule has 7 nitrogen and oxygen atoms in total. The first-order valence-electron chi connectivity index (χ1n) is 7.21. The van der Waals surface area contributed by atoms with Crippen molar-refractivity contribution in [3.8, 4) is 0 Å². The molecular formula is C13H21NO6. The Hall–Kier alpha value is -0.890. The lowest BCUT2D eigenvalue weighted by Crippen LogP contribution is -2.42. The Labute approximate surface area is 117 Å². The van der Waals surface area contributed by atoms with Crippen LogP contribution in [0.1, 0.15) is 32.1 Å². The molecule has 0 aromatic heterocycles. The van der Waals surface area contributed by atoms with Crippen molar-refractivity contribution in [2.75, 3.05) is 13.2 Å². The quantitative estimate of drug-likeness (QED) is 0.695. The number of rotatable bonds is 4. The standard InChI is InChI=1S/C13H21NO6/c15-5-6-18-9-7-8(14-12(16)17)10-11(9)20-13(19-10)3-1-2-4-13/h8-11,14-15H,1-7H2,(H,16,17)/t8-,9+,10+,11-/m1/s1. The average Bonchev–Trinajstić information content (AvgIpc) is 3.07. The summed E-state index contributed by atoms with van der Waals surface area (Å²) in [6, 6.07) is -0.318. The molecule has 3 rings (SSSR count). The fraction of sp³-hybridized carbons (Fsp3) is 0.923. The minimum absolute atomic E-state index is 0.0586. The molecule has 0 aromatic rings. The van der Waals surface area contributed by atoms with Crippen LogP contribution in [0.3, 0.4) is 0 Å². The van der Waals surface area contributed by atoms with Crippen LogP contribution in [-0.4, -0.2) is 59.7 Å². The fourth-order valence-electron chi connectivity index (χ4n) is 3.59. The molecule has 114 valence electrons. The Bertz CT molecular complexity index is 370. The lowest BCUT2D eigenvalue weighted by atomic mass is 10.2. The maximum atomic E-state index is 10.9. The summed E-state index contributed by atoms with van der Waals surface area (Å²) < 4.78 is 17.8. The summed E-state index contributed by atoms with van der Waals surface area (Å²) in [5.41, 5.74) is 0. The van der Waals surface area contributed by atoms with Crippen molar-refractivity contribution in [2.45, 2.75) is 62.2 Å². The third-order valence-electron chi connectivity index (χ3n) is 4.37. The van der Waals surface area contributed by atoms with Crippen LogP contribution in [0, 0.1) is 0 Å². The molecule has 20 heavy (non-hydrogen) atoms. The van der Waals surface area contributed by atoms with Crippen LogP contribution < -0.4 is 5.32 Å². The van der Waals surface area contributed by atoms with E-state index in [0.717, 1.165) is 25.7 Å². The predicted molar refractivity (Wildman–Crippen MR) is 67.3 cm³/mol. The van der Waals surface area contributed by atoms with Crippen molar-refractivity contribution in [1.29, 1.82) is 0 Å². The largest absolute Gasteiger partial charge is 0.465 e. The average molecular weight is 287 g/mol. The first-order valence-corrected chi connectivity index (χ1v) is 7.21. The lowest BCUT2D eigenvalue weighted by molar-refractivity contribution is -0.188. The fourth-order valence-corrected chi connectivity index (χ4v) is 3.59. The first-order chi connectivity index (χ1) is 9.63. The van der Waals surface area contributed by atoms with Gasteiger partial charge in [0.2, 0.25) is 0 Å². The second-order valence-electron chi connectivity index (χ2n) is 5.71. The zero-order valence-corrected chi connectivity index (χ0v) is 11.3. The van der Waals surface area contributed by atoms with Gasteiger partial charge in [0.05, 0.1) is 25.4 Å². The molecule has 0 unspecified atom stereocenters. The third kappa shape index (κ3) is 2.50. The highest BCUT2D eigenvalue weighted by Gasteiger charge is 2.58. The highest BCUT2D eigenvalue weighted by atomic mass is 16.8. The number of aliphatic hydroxyl groups excluding tert-OH is 1. The van der Waals surface area contributed by atoms with E-state index in [9.17, 15) is 4.79 Å². The van der Waals surface area contributed by atoms with Gasteiger partial charge in [-0.1, -0.05) is 0 Å². The number of amides is 1. The molecule has 3 N–H and O–H groups in total. The molecule has 7 heteroatoms. The van der Waals surface area contributed by atoms with Gasteiger partial charge in [0.15, 0.2) is 5.79 Å². The molecular weight excluding hydrogens is 266 g/mol. The van der Waals surface area contributed by atoms with Crippen LogP contribution in [0.25, 0.3) is 0 Å². The van der Waals surface area contributed by atoms with Gasteiger partial charge in [-0.3, -0.25) is 0 Å². The van der Waals surface area contributed by atoms with E-state index in [-0.39, 0.29) is 37.6 Å². The predicted octanol–water partition coefficient (Wildman–Crippen LogP) is 0.458. The van der Waals surface area contributed by atoms with Gasteiger partial charge in [-0.05, 0) is 19.3 Å². The first kappa shape index (κ1) is 14.1. The van der Waals surface area contributed by atoms with Crippen LogP contribution in [0.5, 0.6) is 0 Å². The summed E-state index contributed by atoms with van der Waals surface area (Å²) >= 11 is 0. The van der Waals surface area contributed by atoms with Crippen LogP contribution >= 0.6 is 0 Å².